The average molecular weight is 344 g/mol. The Hall–Kier alpha value is -2.79. The average Bonchev–Trinajstić information content (AvgIpc) is 2.57. The van der Waals surface area contributed by atoms with Crippen LogP contribution in [0.2, 0.25) is 5.02 Å². The zero-order valence-electron chi connectivity index (χ0n) is 12.8. The van der Waals surface area contributed by atoms with E-state index in [1.54, 1.807) is 42.5 Å². The minimum atomic E-state index is -0.383. The maximum Gasteiger partial charge on any atom is 0.336 e. The van der Waals surface area contributed by atoms with Gasteiger partial charge in [0.1, 0.15) is 23.7 Å². The van der Waals surface area contributed by atoms with Crippen molar-refractivity contribution >= 4 is 28.3 Å². The maximum atomic E-state index is 11.4. The van der Waals surface area contributed by atoms with Crippen LogP contribution >= 0.6 is 11.6 Å². The molecule has 3 aromatic rings. The molecule has 6 heteroatoms. The lowest BCUT2D eigenvalue weighted by Gasteiger charge is -2.09. The van der Waals surface area contributed by atoms with E-state index >= 15 is 0 Å². The Balaban J connectivity index is 1.82. The fourth-order valence-corrected chi connectivity index (χ4v) is 2.48. The number of oxime groups is 1. The topological polar surface area (TPSA) is 72.0 Å². The predicted molar refractivity (Wildman–Crippen MR) is 92.5 cm³/mol. The predicted octanol–water partition coefficient (Wildman–Crippen LogP) is 4.01. The van der Waals surface area contributed by atoms with Crippen LogP contribution in [0.25, 0.3) is 11.0 Å². The molecule has 1 heterocycles. The Bertz CT molecular complexity index is 961. The summed E-state index contributed by atoms with van der Waals surface area (Å²) in [5, 5.41) is 13.9. The molecular weight excluding hydrogens is 330 g/mol. The summed E-state index contributed by atoms with van der Waals surface area (Å²) in [6.45, 7) is 1.91. The van der Waals surface area contributed by atoms with E-state index in [0.29, 0.717) is 27.6 Å². The van der Waals surface area contributed by atoms with E-state index in [4.69, 9.17) is 20.8 Å². The first-order chi connectivity index (χ1) is 11.6. The Morgan fingerprint density at radius 2 is 1.96 bits per heavy atom. The molecule has 0 saturated heterocycles. The quantitative estimate of drug-likeness (QED) is 0.336. The molecule has 5 nitrogen and oxygen atoms in total. The molecule has 0 aliphatic rings. The minimum Gasteiger partial charge on any atom is -0.487 e. The number of ether oxygens (including phenoxy) is 1. The number of nitrogens with zero attached hydrogens (tertiary/aromatic N) is 1. The maximum absolute atomic E-state index is 11.4. The number of rotatable bonds is 4. The third-order valence-corrected chi connectivity index (χ3v) is 3.85. The van der Waals surface area contributed by atoms with Crippen LogP contribution in [0.15, 0.2) is 62.9 Å². The van der Waals surface area contributed by atoms with Gasteiger partial charge in [-0.25, -0.2) is 4.79 Å². The molecule has 1 aromatic heterocycles. The highest BCUT2D eigenvalue weighted by Gasteiger charge is 2.08. The lowest BCUT2D eigenvalue weighted by Crippen LogP contribution is -2.13. The number of hydrogen-bond donors (Lipinski definition) is 1. The van der Waals surface area contributed by atoms with Gasteiger partial charge in [-0.15, -0.1) is 0 Å². The van der Waals surface area contributed by atoms with Crippen molar-refractivity contribution in [3.8, 4) is 5.75 Å². The lowest BCUT2D eigenvalue weighted by atomic mass is 10.1. The van der Waals surface area contributed by atoms with Crippen molar-refractivity contribution in [3.63, 3.8) is 0 Å². The van der Waals surface area contributed by atoms with Gasteiger partial charge in [0, 0.05) is 22.0 Å². The molecule has 0 amide bonds. The molecule has 0 aliphatic carbocycles. The van der Waals surface area contributed by atoms with Crippen LogP contribution in [-0.2, 0) is 0 Å². The summed E-state index contributed by atoms with van der Waals surface area (Å²) in [6.07, 6.45) is 0. The van der Waals surface area contributed by atoms with Crippen LogP contribution < -0.4 is 10.4 Å². The third kappa shape index (κ3) is 3.41. The summed E-state index contributed by atoms with van der Waals surface area (Å²) in [4.78, 5) is 11.4. The van der Waals surface area contributed by atoms with Crippen LogP contribution in [0.3, 0.4) is 0 Å². The molecule has 0 atom stereocenters. The highest BCUT2D eigenvalue weighted by molar-refractivity contribution is 6.30. The van der Waals surface area contributed by atoms with E-state index in [9.17, 15) is 10.0 Å². The molecular formula is C18H14ClNO4. The van der Waals surface area contributed by atoms with Gasteiger partial charge in [-0.05, 0) is 42.8 Å². The number of fused-ring (bicyclic) bond motifs is 1. The minimum absolute atomic E-state index is 0.0828. The van der Waals surface area contributed by atoms with Crippen molar-refractivity contribution in [1.29, 1.82) is 0 Å². The van der Waals surface area contributed by atoms with Gasteiger partial charge < -0.3 is 14.4 Å². The van der Waals surface area contributed by atoms with Crippen molar-refractivity contribution in [3.05, 3.63) is 75.1 Å². The van der Waals surface area contributed by atoms with Crippen molar-refractivity contribution in [1.82, 2.24) is 0 Å². The van der Waals surface area contributed by atoms with Crippen LogP contribution in [0.1, 0.15) is 11.1 Å². The van der Waals surface area contributed by atoms with Gasteiger partial charge in [-0.2, -0.15) is 0 Å². The summed E-state index contributed by atoms with van der Waals surface area (Å²) < 4.78 is 10.8. The molecule has 0 saturated carbocycles. The van der Waals surface area contributed by atoms with Gasteiger partial charge in [0.05, 0.1) is 0 Å². The van der Waals surface area contributed by atoms with Crippen LogP contribution in [0, 0.1) is 6.92 Å². The van der Waals surface area contributed by atoms with E-state index in [0.717, 1.165) is 10.9 Å². The molecule has 0 radical (unpaired) electrons. The van der Waals surface area contributed by atoms with E-state index < -0.39 is 0 Å². The van der Waals surface area contributed by atoms with Crippen molar-refractivity contribution in [2.24, 2.45) is 5.16 Å². The molecule has 24 heavy (non-hydrogen) atoms. The second-order valence-electron chi connectivity index (χ2n) is 5.25. The normalized spacial score (nSPS) is 11.7. The van der Waals surface area contributed by atoms with Gasteiger partial charge in [0.25, 0.3) is 0 Å². The largest absolute Gasteiger partial charge is 0.487 e. The molecule has 0 aliphatic heterocycles. The zero-order valence-corrected chi connectivity index (χ0v) is 13.6. The van der Waals surface area contributed by atoms with Crippen molar-refractivity contribution in [2.75, 3.05) is 6.61 Å². The molecule has 122 valence electrons. The van der Waals surface area contributed by atoms with Crippen molar-refractivity contribution in [2.45, 2.75) is 6.92 Å². The standard InChI is InChI=1S/C18H14ClNO4/c1-11-8-18(21)24-17-7-6-14(9-15(11)17)23-10-16(20-22)12-2-4-13(19)5-3-12/h2-9,22H,10H2,1H3. The second-order valence-corrected chi connectivity index (χ2v) is 5.69. The summed E-state index contributed by atoms with van der Waals surface area (Å²) in [7, 11) is 0. The first kappa shape index (κ1) is 16.1. The van der Waals surface area contributed by atoms with E-state index in [1.165, 1.54) is 6.07 Å². The molecule has 2 aromatic carbocycles. The molecule has 0 fully saturated rings. The Morgan fingerprint density at radius 1 is 1.21 bits per heavy atom. The third-order valence-electron chi connectivity index (χ3n) is 3.59. The number of aryl methyl sites for hydroxylation is 1. The van der Waals surface area contributed by atoms with Gasteiger partial charge >= 0.3 is 5.63 Å². The summed E-state index contributed by atoms with van der Waals surface area (Å²) >= 11 is 5.85. The van der Waals surface area contributed by atoms with Gasteiger partial charge in [0.15, 0.2) is 0 Å². The van der Waals surface area contributed by atoms with E-state index in [2.05, 4.69) is 5.16 Å². The Kier molecular flexibility index (Phi) is 4.53. The first-order valence-corrected chi connectivity index (χ1v) is 7.59. The van der Waals surface area contributed by atoms with Gasteiger partial charge in [-0.1, -0.05) is 28.9 Å². The zero-order chi connectivity index (χ0) is 17.1. The molecule has 0 bridgehead atoms. The summed E-state index contributed by atoms with van der Waals surface area (Å²) in [6, 6.07) is 13.5. The molecule has 0 unspecified atom stereocenters. The monoisotopic (exact) mass is 343 g/mol. The highest BCUT2D eigenvalue weighted by atomic mass is 35.5. The summed E-state index contributed by atoms with van der Waals surface area (Å²) in [5.41, 5.74) is 2.01. The van der Waals surface area contributed by atoms with Crippen LogP contribution in [-0.4, -0.2) is 17.5 Å². The molecule has 1 N–H and O–H groups in total. The second kappa shape index (κ2) is 6.76. The van der Waals surface area contributed by atoms with Gasteiger partial charge in [-0.3, -0.25) is 0 Å². The lowest BCUT2D eigenvalue weighted by molar-refractivity contribution is 0.308. The highest BCUT2D eigenvalue weighted by Crippen LogP contribution is 2.22. The number of halogens is 1. The van der Waals surface area contributed by atoms with E-state index in [-0.39, 0.29) is 12.2 Å². The Morgan fingerprint density at radius 3 is 2.67 bits per heavy atom. The SMILES string of the molecule is Cc1cc(=O)oc2ccc(OCC(=NO)c3ccc(Cl)cc3)cc12. The Labute approximate surface area is 142 Å². The van der Waals surface area contributed by atoms with Crippen molar-refractivity contribution < 1.29 is 14.4 Å². The number of hydrogen-bond acceptors (Lipinski definition) is 5. The smallest absolute Gasteiger partial charge is 0.336 e. The fourth-order valence-electron chi connectivity index (χ4n) is 2.35. The van der Waals surface area contributed by atoms with E-state index in [1.807, 2.05) is 6.92 Å². The van der Waals surface area contributed by atoms with Crippen LogP contribution in [0.5, 0.6) is 5.75 Å². The first-order valence-electron chi connectivity index (χ1n) is 7.21. The molecule has 0 spiro atoms. The fraction of sp³-hybridized carbons (Fsp3) is 0.111. The molecule has 3 rings (SSSR count). The number of benzene rings is 2. The summed E-state index contributed by atoms with van der Waals surface area (Å²) in [5.74, 6) is 0.578. The van der Waals surface area contributed by atoms with Crippen LogP contribution in [0.4, 0.5) is 0 Å². The van der Waals surface area contributed by atoms with Gasteiger partial charge in [0.2, 0.25) is 0 Å².